The smallest absolute Gasteiger partial charge is 0.257 e. The molecule has 0 saturated heterocycles. The number of para-hydroxylation sites is 2. The highest BCUT2D eigenvalue weighted by Gasteiger charge is 2.24. The molecule has 0 radical (unpaired) electrons. The van der Waals surface area contributed by atoms with Gasteiger partial charge in [0, 0.05) is 16.6 Å². The number of hydrogen-bond donors (Lipinski definition) is 3. The van der Waals surface area contributed by atoms with Gasteiger partial charge in [0.05, 0.1) is 24.4 Å². The van der Waals surface area contributed by atoms with Crippen LogP contribution in [0.5, 0.6) is 11.5 Å². The van der Waals surface area contributed by atoms with Crippen molar-refractivity contribution in [2.45, 2.75) is 6.54 Å². The Morgan fingerprint density at radius 1 is 1.14 bits per heavy atom. The van der Waals surface area contributed by atoms with Crippen molar-refractivity contribution in [2.75, 3.05) is 12.8 Å². The van der Waals surface area contributed by atoms with Crippen LogP contribution >= 0.6 is 15.9 Å². The van der Waals surface area contributed by atoms with E-state index in [1.54, 1.807) is 25.3 Å². The van der Waals surface area contributed by atoms with E-state index in [1.807, 2.05) is 48.5 Å². The summed E-state index contributed by atoms with van der Waals surface area (Å²) in [6.07, 6.45) is 1.45. The van der Waals surface area contributed by atoms with Crippen LogP contribution in [0.15, 0.2) is 76.3 Å². The average molecular weight is 545 g/mol. The van der Waals surface area contributed by atoms with Gasteiger partial charge in [-0.2, -0.15) is 9.78 Å². The van der Waals surface area contributed by atoms with Gasteiger partial charge >= 0.3 is 0 Å². The first kappa shape index (κ1) is 23.3. The van der Waals surface area contributed by atoms with Crippen molar-refractivity contribution in [3.63, 3.8) is 0 Å². The predicted octanol–water partition coefficient (Wildman–Crippen LogP) is 4.46. The molecule has 0 unspecified atom stereocenters. The molecule has 4 N–H and O–H groups in total. The van der Waals surface area contributed by atoms with Crippen LogP contribution in [0, 0.1) is 0 Å². The number of nitrogens with one attached hydrogen (secondary N) is 1. The number of fused-ring (bicyclic) bond motifs is 2. The normalized spacial score (nSPS) is 11.4. The fraction of sp³-hybridized carbons (Fsp3) is 0.0769. The number of nitrogens with two attached hydrogens (primary N) is 1. The van der Waals surface area contributed by atoms with E-state index >= 15 is 0 Å². The largest absolute Gasteiger partial charge is 0.507 e. The topological polar surface area (TPSA) is 128 Å². The first-order chi connectivity index (χ1) is 17.4. The fourth-order valence-electron chi connectivity index (χ4n) is 3.75. The van der Waals surface area contributed by atoms with Gasteiger partial charge in [0.15, 0.2) is 5.65 Å². The molecule has 0 fully saturated rings. The van der Waals surface area contributed by atoms with E-state index in [9.17, 15) is 9.90 Å². The zero-order valence-corrected chi connectivity index (χ0v) is 20.7. The van der Waals surface area contributed by atoms with Gasteiger partial charge in [-0.05, 0) is 48.0 Å². The molecule has 180 valence electrons. The third kappa shape index (κ3) is 4.46. The number of benzene rings is 3. The highest BCUT2D eigenvalue weighted by Crippen LogP contribution is 2.28. The summed E-state index contributed by atoms with van der Waals surface area (Å²) < 4.78 is 7.31. The van der Waals surface area contributed by atoms with E-state index < -0.39 is 5.91 Å². The molecular formula is C26H21BrN6O3. The number of methoxy groups -OCH3 is 1. The predicted molar refractivity (Wildman–Crippen MR) is 142 cm³/mol. The Morgan fingerprint density at radius 2 is 1.86 bits per heavy atom. The third-order valence-corrected chi connectivity index (χ3v) is 6.11. The zero-order valence-electron chi connectivity index (χ0n) is 19.1. The van der Waals surface area contributed by atoms with Crippen molar-refractivity contribution in [1.82, 2.24) is 20.0 Å². The van der Waals surface area contributed by atoms with Crippen LogP contribution in [0.3, 0.4) is 0 Å². The molecule has 3 aromatic carbocycles. The Kier molecular flexibility index (Phi) is 6.26. The third-order valence-electron chi connectivity index (χ3n) is 5.61. The summed E-state index contributed by atoms with van der Waals surface area (Å²) in [5.74, 6) is 0.454. The Morgan fingerprint density at radius 3 is 2.58 bits per heavy atom. The molecule has 5 rings (SSSR count). The molecule has 10 heteroatoms. The molecule has 1 amide bonds. The second-order valence-electron chi connectivity index (χ2n) is 7.94. The van der Waals surface area contributed by atoms with Gasteiger partial charge in [-0.25, -0.2) is 9.97 Å². The molecule has 0 bridgehead atoms. The maximum atomic E-state index is 13.3. The number of phenolic OH excluding ortho intramolecular Hbond substituents is 1. The molecule has 0 atom stereocenters. The Labute approximate surface area is 214 Å². The first-order valence-electron chi connectivity index (χ1n) is 11.0. The van der Waals surface area contributed by atoms with Gasteiger partial charge < -0.3 is 20.9 Å². The lowest BCUT2D eigenvalue weighted by molar-refractivity contribution is 0.0953. The lowest BCUT2D eigenvalue weighted by Gasteiger charge is -2.07. The maximum absolute atomic E-state index is 13.3. The Hall–Kier alpha value is -4.44. The Balaban J connectivity index is 1.57. The number of rotatable bonds is 6. The molecule has 2 heterocycles. The molecule has 5 aromatic rings. The summed E-state index contributed by atoms with van der Waals surface area (Å²) in [7, 11) is 1.60. The molecule has 0 spiro atoms. The number of carbonyl (C=O) groups excluding carboxylic acids is 1. The molecule has 2 aromatic heterocycles. The zero-order chi connectivity index (χ0) is 25.2. The number of phenols is 1. The number of amides is 1. The van der Waals surface area contributed by atoms with E-state index in [1.165, 1.54) is 10.9 Å². The second kappa shape index (κ2) is 9.67. The maximum Gasteiger partial charge on any atom is 0.257 e. The minimum Gasteiger partial charge on any atom is -0.507 e. The van der Waals surface area contributed by atoms with Crippen molar-refractivity contribution in [3.8, 4) is 11.5 Å². The van der Waals surface area contributed by atoms with Gasteiger partial charge in [0.1, 0.15) is 28.4 Å². The molecule has 0 aliphatic carbocycles. The highest BCUT2D eigenvalue weighted by atomic mass is 79.9. The van der Waals surface area contributed by atoms with Crippen LogP contribution in [0.25, 0.3) is 22.2 Å². The number of nitrogens with zero attached hydrogens (tertiary/aromatic N) is 4. The van der Waals surface area contributed by atoms with E-state index in [2.05, 4.69) is 36.3 Å². The van der Waals surface area contributed by atoms with Crippen molar-refractivity contribution in [1.29, 1.82) is 0 Å². The van der Waals surface area contributed by atoms with Gasteiger partial charge in [0.25, 0.3) is 5.91 Å². The number of halogens is 1. The quantitative estimate of drug-likeness (QED) is 0.271. The van der Waals surface area contributed by atoms with Crippen LogP contribution < -0.4 is 15.8 Å². The SMILES string of the molecule is COc1ccc(CNC(=O)c2c(N)n(/N=C\c3cc(Br)ccc3O)c3nc4ccccc4nc23)cc1. The summed E-state index contributed by atoms with van der Waals surface area (Å²) >= 11 is 3.39. The minimum atomic E-state index is -0.405. The van der Waals surface area contributed by atoms with Crippen molar-refractivity contribution in [2.24, 2.45) is 5.10 Å². The first-order valence-corrected chi connectivity index (χ1v) is 11.7. The highest BCUT2D eigenvalue weighted by molar-refractivity contribution is 9.10. The minimum absolute atomic E-state index is 0.0472. The van der Waals surface area contributed by atoms with Crippen LogP contribution in [0.2, 0.25) is 0 Å². The van der Waals surface area contributed by atoms with Crippen LogP contribution in [0.4, 0.5) is 5.82 Å². The van der Waals surface area contributed by atoms with E-state index in [-0.39, 0.29) is 23.7 Å². The summed E-state index contributed by atoms with van der Waals surface area (Å²) in [6, 6.07) is 19.7. The van der Waals surface area contributed by atoms with E-state index in [4.69, 9.17) is 10.5 Å². The monoisotopic (exact) mass is 544 g/mol. The lowest BCUT2D eigenvalue weighted by atomic mass is 10.2. The molecule has 9 nitrogen and oxygen atoms in total. The summed E-state index contributed by atoms with van der Waals surface area (Å²) in [5.41, 5.74) is 9.88. The molecular weight excluding hydrogens is 524 g/mol. The number of nitrogen functional groups attached to an aromatic ring is 1. The second-order valence-corrected chi connectivity index (χ2v) is 8.85. The van der Waals surface area contributed by atoms with Gasteiger partial charge in [-0.1, -0.05) is 40.2 Å². The number of anilines is 1. The molecule has 0 aliphatic heterocycles. The number of aromatic nitrogens is 3. The van der Waals surface area contributed by atoms with Crippen molar-refractivity contribution >= 4 is 56.1 Å². The lowest BCUT2D eigenvalue weighted by Crippen LogP contribution is -2.23. The van der Waals surface area contributed by atoms with Crippen molar-refractivity contribution < 1.29 is 14.6 Å². The van der Waals surface area contributed by atoms with Crippen LogP contribution in [-0.2, 0) is 6.54 Å². The summed E-state index contributed by atoms with van der Waals surface area (Å²) in [5, 5.41) is 17.5. The van der Waals surface area contributed by atoms with Gasteiger partial charge in [-0.15, -0.1) is 0 Å². The molecule has 36 heavy (non-hydrogen) atoms. The van der Waals surface area contributed by atoms with E-state index in [0.29, 0.717) is 27.8 Å². The number of aromatic hydroxyl groups is 1. The van der Waals surface area contributed by atoms with Gasteiger partial charge in [0.2, 0.25) is 0 Å². The number of carbonyl (C=O) groups is 1. The standard InChI is InChI=1S/C26H21BrN6O3/c1-36-18-9-6-15(7-10-18)13-29-26(35)22-23-25(32-20-5-3-2-4-19(20)31-23)33(24(22)28)30-14-16-12-17(27)8-11-21(16)34/h2-12,14,34H,13,28H2,1H3,(H,29,35)/b30-14-. The fourth-order valence-corrected chi connectivity index (χ4v) is 4.13. The summed E-state index contributed by atoms with van der Waals surface area (Å²) in [6.45, 7) is 0.283. The molecule has 0 saturated carbocycles. The van der Waals surface area contributed by atoms with E-state index in [0.717, 1.165) is 15.8 Å². The average Bonchev–Trinajstić information content (AvgIpc) is 3.16. The number of hydrogen-bond acceptors (Lipinski definition) is 7. The molecule has 0 aliphatic rings. The number of ether oxygens (including phenoxy) is 1. The van der Waals surface area contributed by atoms with Crippen molar-refractivity contribution in [3.05, 3.63) is 87.9 Å². The summed E-state index contributed by atoms with van der Waals surface area (Å²) in [4.78, 5) is 22.6. The van der Waals surface area contributed by atoms with Crippen LogP contribution in [0.1, 0.15) is 21.5 Å². The Bertz CT molecular complexity index is 1630. The van der Waals surface area contributed by atoms with Crippen LogP contribution in [-0.4, -0.2) is 39.0 Å². The van der Waals surface area contributed by atoms with Gasteiger partial charge in [-0.3, -0.25) is 4.79 Å².